The Kier molecular flexibility index (Phi) is 5.25. The van der Waals surface area contributed by atoms with Crippen LogP contribution in [0.2, 0.25) is 0 Å². The number of thiophene rings is 1. The van der Waals surface area contributed by atoms with Crippen molar-refractivity contribution in [1.29, 1.82) is 0 Å². The third-order valence-corrected chi connectivity index (χ3v) is 4.43. The van der Waals surface area contributed by atoms with Crippen molar-refractivity contribution in [3.8, 4) is 0 Å². The number of furan rings is 1. The van der Waals surface area contributed by atoms with E-state index in [-0.39, 0.29) is 5.54 Å². The van der Waals surface area contributed by atoms with E-state index in [1.807, 2.05) is 23.7 Å². The van der Waals surface area contributed by atoms with Gasteiger partial charge in [-0.25, -0.2) is 0 Å². The fourth-order valence-electron chi connectivity index (χ4n) is 2.22. The number of rotatable bonds is 6. The second-order valence-electron chi connectivity index (χ2n) is 6.70. The van der Waals surface area contributed by atoms with Gasteiger partial charge in [0.2, 0.25) is 0 Å². The summed E-state index contributed by atoms with van der Waals surface area (Å²) in [6, 6.07) is 4.36. The Hall–Kier alpha value is -1.10. The van der Waals surface area contributed by atoms with Crippen LogP contribution in [0.4, 0.5) is 0 Å². The summed E-state index contributed by atoms with van der Waals surface area (Å²) in [5.41, 5.74) is 2.81. The number of hydrogen-bond donors (Lipinski definition) is 1. The zero-order chi connectivity index (χ0) is 15.5. The van der Waals surface area contributed by atoms with Crippen molar-refractivity contribution in [2.75, 3.05) is 7.05 Å². The molecule has 0 amide bonds. The summed E-state index contributed by atoms with van der Waals surface area (Å²) in [5, 5.41) is 3.55. The number of aryl methyl sites for hydroxylation is 1. The van der Waals surface area contributed by atoms with E-state index in [1.165, 1.54) is 20.9 Å². The second kappa shape index (κ2) is 6.77. The third-order valence-electron chi connectivity index (χ3n) is 3.34. The van der Waals surface area contributed by atoms with Crippen LogP contribution < -0.4 is 5.32 Å². The van der Waals surface area contributed by atoms with Crippen LogP contribution >= 0.6 is 11.3 Å². The maximum atomic E-state index is 5.12. The molecular weight excluding hydrogens is 280 g/mol. The smallest absolute Gasteiger partial charge is 0.0947 e. The molecular formula is C17H26N2OS. The molecule has 0 aliphatic carbocycles. The van der Waals surface area contributed by atoms with E-state index in [2.05, 4.69) is 51.0 Å². The highest BCUT2D eigenvalue weighted by molar-refractivity contribution is 7.12. The number of nitrogens with zero attached hydrogens (tertiary/aromatic N) is 1. The zero-order valence-electron chi connectivity index (χ0n) is 13.7. The summed E-state index contributed by atoms with van der Waals surface area (Å²) in [4.78, 5) is 5.15. The first kappa shape index (κ1) is 16.3. The summed E-state index contributed by atoms with van der Waals surface area (Å²) in [6.45, 7) is 11.7. The van der Waals surface area contributed by atoms with E-state index >= 15 is 0 Å². The normalized spacial score (nSPS) is 12.3. The van der Waals surface area contributed by atoms with E-state index in [0.717, 1.165) is 19.6 Å². The van der Waals surface area contributed by atoms with Gasteiger partial charge in [0, 0.05) is 40.5 Å². The van der Waals surface area contributed by atoms with Crippen LogP contribution in [0.1, 0.15) is 41.7 Å². The fraction of sp³-hybridized carbons (Fsp3) is 0.529. The molecule has 2 heterocycles. The van der Waals surface area contributed by atoms with E-state index in [4.69, 9.17) is 4.42 Å². The van der Waals surface area contributed by atoms with Crippen LogP contribution in [0.5, 0.6) is 0 Å². The van der Waals surface area contributed by atoms with E-state index in [9.17, 15) is 0 Å². The molecule has 21 heavy (non-hydrogen) atoms. The molecule has 0 fully saturated rings. The van der Waals surface area contributed by atoms with Gasteiger partial charge in [-0.15, -0.1) is 11.3 Å². The molecule has 116 valence electrons. The van der Waals surface area contributed by atoms with Crippen LogP contribution in [0.15, 0.2) is 29.1 Å². The summed E-state index contributed by atoms with van der Waals surface area (Å²) >= 11 is 1.90. The summed E-state index contributed by atoms with van der Waals surface area (Å²) in [5.74, 6) is 0. The van der Waals surface area contributed by atoms with Crippen LogP contribution in [-0.4, -0.2) is 17.5 Å². The Morgan fingerprint density at radius 2 is 2.05 bits per heavy atom. The molecule has 0 radical (unpaired) electrons. The molecule has 2 rings (SSSR count). The van der Waals surface area contributed by atoms with Crippen molar-refractivity contribution in [2.24, 2.45) is 0 Å². The Balaban J connectivity index is 1.92. The van der Waals surface area contributed by atoms with Crippen molar-refractivity contribution in [3.63, 3.8) is 0 Å². The Morgan fingerprint density at radius 3 is 2.67 bits per heavy atom. The molecule has 0 bridgehead atoms. The topological polar surface area (TPSA) is 28.4 Å². The number of hydrogen-bond acceptors (Lipinski definition) is 4. The minimum Gasteiger partial charge on any atom is -0.472 e. The molecule has 2 aromatic heterocycles. The van der Waals surface area contributed by atoms with Crippen LogP contribution in [0, 0.1) is 6.92 Å². The lowest BCUT2D eigenvalue weighted by Gasteiger charge is -2.19. The van der Waals surface area contributed by atoms with Crippen LogP contribution in [0.3, 0.4) is 0 Å². The quantitative estimate of drug-likeness (QED) is 0.868. The Bertz CT molecular complexity index is 552. The average Bonchev–Trinajstić information content (AvgIpc) is 2.97. The lowest BCUT2D eigenvalue weighted by atomic mass is 10.1. The highest BCUT2D eigenvalue weighted by atomic mass is 32.1. The maximum absolute atomic E-state index is 5.12. The lowest BCUT2D eigenvalue weighted by Crippen LogP contribution is -2.34. The number of nitrogens with one attached hydrogen (secondary N) is 1. The monoisotopic (exact) mass is 306 g/mol. The molecule has 0 aliphatic heterocycles. The minimum absolute atomic E-state index is 0.163. The van der Waals surface area contributed by atoms with Gasteiger partial charge in [0.15, 0.2) is 0 Å². The van der Waals surface area contributed by atoms with Gasteiger partial charge in [-0.1, -0.05) is 0 Å². The van der Waals surface area contributed by atoms with Crippen molar-refractivity contribution in [1.82, 2.24) is 10.2 Å². The largest absolute Gasteiger partial charge is 0.472 e. The Labute approximate surface area is 132 Å². The second-order valence-corrected chi connectivity index (χ2v) is 8.04. The molecule has 0 spiro atoms. The van der Waals surface area contributed by atoms with Crippen molar-refractivity contribution < 1.29 is 4.42 Å². The molecule has 0 saturated heterocycles. The van der Waals surface area contributed by atoms with Crippen molar-refractivity contribution in [2.45, 2.75) is 52.9 Å². The molecule has 0 aromatic carbocycles. The molecule has 2 aromatic rings. The van der Waals surface area contributed by atoms with Gasteiger partial charge in [-0.2, -0.15) is 0 Å². The Morgan fingerprint density at radius 1 is 1.29 bits per heavy atom. The maximum Gasteiger partial charge on any atom is 0.0947 e. The van der Waals surface area contributed by atoms with Crippen molar-refractivity contribution >= 4 is 11.3 Å². The fourth-order valence-corrected chi connectivity index (χ4v) is 3.22. The zero-order valence-corrected chi connectivity index (χ0v) is 14.5. The van der Waals surface area contributed by atoms with E-state index < -0.39 is 0 Å². The van der Waals surface area contributed by atoms with Crippen molar-refractivity contribution in [3.05, 3.63) is 45.5 Å². The van der Waals surface area contributed by atoms with Gasteiger partial charge in [0.25, 0.3) is 0 Å². The van der Waals surface area contributed by atoms with Gasteiger partial charge >= 0.3 is 0 Å². The minimum atomic E-state index is 0.163. The van der Waals surface area contributed by atoms with E-state index in [1.54, 1.807) is 6.26 Å². The van der Waals surface area contributed by atoms with Gasteiger partial charge in [-0.05, 0) is 52.4 Å². The van der Waals surface area contributed by atoms with Gasteiger partial charge in [0.1, 0.15) is 0 Å². The average molecular weight is 306 g/mol. The predicted molar refractivity (Wildman–Crippen MR) is 89.5 cm³/mol. The first-order chi connectivity index (χ1) is 9.83. The van der Waals surface area contributed by atoms with Crippen LogP contribution in [-0.2, 0) is 19.6 Å². The van der Waals surface area contributed by atoms with Crippen LogP contribution in [0.25, 0.3) is 0 Å². The van der Waals surface area contributed by atoms with Gasteiger partial charge in [0.05, 0.1) is 12.5 Å². The predicted octanol–water partition coefficient (Wildman–Crippen LogP) is 4.17. The molecule has 0 atom stereocenters. The summed E-state index contributed by atoms with van der Waals surface area (Å²) < 4.78 is 5.12. The standard InChI is InChI=1S/C17H26N2OS/c1-13-15(8-16(21-13)9-18-17(2,3)4)11-19(5)10-14-6-7-20-12-14/h6-8,12,18H,9-11H2,1-5H3. The first-order valence-corrected chi connectivity index (χ1v) is 8.18. The lowest BCUT2D eigenvalue weighted by molar-refractivity contribution is 0.317. The third kappa shape index (κ3) is 5.30. The first-order valence-electron chi connectivity index (χ1n) is 7.36. The molecule has 0 saturated carbocycles. The molecule has 3 nitrogen and oxygen atoms in total. The highest BCUT2D eigenvalue weighted by Crippen LogP contribution is 2.23. The van der Waals surface area contributed by atoms with E-state index in [0.29, 0.717) is 0 Å². The highest BCUT2D eigenvalue weighted by Gasteiger charge is 2.12. The summed E-state index contributed by atoms with van der Waals surface area (Å²) in [6.07, 6.45) is 3.55. The van der Waals surface area contributed by atoms with Gasteiger partial charge < -0.3 is 9.73 Å². The molecule has 0 unspecified atom stereocenters. The SMILES string of the molecule is Cc1sc(CNC(C)(C)C)cc1CN(C)Cc1ccoc1. The van der Waals surface area contributed by atoms with Gasteiger partial charge in [-0.3, -0.25) is 4.90 Å². The molecule has 4 heteroatoms. The summed E-state index contributed by atoms with van der Waals surface area (Å²) in [7, 11) is 2.15. The molecule has 0 aliphatic rings. The molecule has 1 N–H and O–H groups in total.